The summed E-state index contributed by atoms with van der Waals surface area (Å²) < 4.78 is 0. The lowest BCUT2D eigenvalue weighted by Crippen LogP contribution is -2.54. The molecule has 1 rings (SSSR count). The summed E-state index contributed by atoms with van der Waals surface area (Å²) in [4.78, 5) is 27.1. The minimum Gasteiger partial charge on any atom is -0.333 e. The van der Waals surface area contributed by atoms with Crippen LogP contribution in [0.15, 0.2) is 0 Å². The SMILES string of the molecule is CCCN1CCN(CCC(C)CCBr)C(=O)C1=O. The molecule has 0 saturated carbocycles. The summed E-state index contributed by atoms with van der Waals surface area (Å²) in [7, 11) is 0. The Hall–Kier alpha value is -0.580. The summed E-state index contributed by atoms with van der Waals surface area (Å²) in [6.07, 6.45) is 2.98. The Morgan fingerprint density at radius 3 is 2.17 bits per heavy atom. The molecule has 5 heteroatoms. The van der Waals surface area contributed by atoms with Gasteiger partial charge in [-0.25, -0.2) is 0 Å². The smallest absolute Gasteiger partial charge is 0.312 e. The third-order valence-electron chi connectivity index (χ3n) is 3.38. The predicted octanol–water partition coefficient (Wildman–Crippen LogP) is 1.88. The van der Waals surface area contributed by atoms with Crippen LogP contribution in [0.5, 0.6) is 0 Å². The van der Waals surface area contributed by atoms with E-state index in [-0.39, 0.29) is 11.8 Å². The molecule has 0 aromatic heterocycles. The third-order valence-corrected chi connectivity index (χ3v) is 3.84. The summed E-state index contributed by atoms with van der Waals surface area (Å²) in [5, 5.41) is 0.991. The van der Waals surface area contributed by atoms with E-state index < -0.39 is 0 Å². The van der Waals surface area contributed by atoms with Crippen LogP contribution in [0.3, 0.4) is 0 Å². The highest BCUT2D eigenvalue weighted by atomic mass is 79.9. The number of piperazine rings is 1. The topological polar surface area (TPSA) is 40.6 Å². The summed E-state index contributed by atoms with van der Waals surface area (Å²) in [5.41, 5.74) is 0. The average molecular weight is 319 g/mol. The van der Waals surface area contributed by atoms with E-state index in [1.165, 1.54) is 0 Å². The summed E-state index contributed by atoms with van der Waals surface area (Å²) >= 11 is 3.42. The average Bonchev–Trinajstić information content (AvgIpc) is 2.35. The fraction of sp³-hybridized carbons (Fsp3) is 0.846. The molecule has 1 aliphatic heterocycles. The normalized spacial score (nSPS) is 18.4. The number of alkyl halides is 1. The monoisotopic (exact) mass is 318 g/mol. The van der Waals surface area contributed by atoms with Gasteiger partial charge in [-0.3, -0.25) is 9.59 Å². The fourth-order valence-electron chi connectivity index (χ4n) is 2.12. The first kappa shape index (κ1) is 15.5. The van der Waals surface area contributed by atoms with Gasteiger partial charge >= 0.3 is 11.8 Å². The van der Waals surface area contributed by atoms with Gasteiger partial charge in [-0.15, -0.1) is 0 Å². The molecule has 0 aliphatic carbocycles. The highest BCUT2D eigenvalue weighted by Crippen LogP contribution is 2.12. The van der Waals surface area contributed by atoms with Crippen molar-refractivity contribution in [1.29, 1.82) is 0 Å². The van der Waals surface area contributed by atoms with Gasteiger partial charge in [-0.2, -0.15) is 0 Å². The molecule has 104 valence electrons. The largest absolute Gasteiger partial charge is 0.333 e. The van der Waals surface area contributed by atoms with Gasteiger partial charge in [-0.1, -0.05) is 29.8 Å². The van der Waals surface area contributed by atoms with Crippen LogP contribution >= 0.6 is 15.9 Å². The minimum atomic E-state index is -0.323. The Kier molecular flexibility index (Phi) is 6.68. The molecule has 1 atom stereocenters. The van der Waals surface area contributed by atoms with E-state index in [0.29, 0.717) is 32.1 Å². The van der Waals surface area contributed by atoms with Crippen molar-refractivity contribution in [3.8, 4) is 0 Å². The lowest BCUT2D eigenvalue weighted by molar-refractivity contribution is -0.156. The summed E-state index contributed by atoms with van der Waals surface area (Å²) in [5.74, 6) is -0.0575. The van der Waals surface area contributed by atoms with Crippen LogP contribution in [0.2, 0.25) is 0 Å². The van der Waals surface area contributed by atoms with Gasteiger partial charge in [0.05, 0.1) is 0 Å². The molecule has 2 amide bonds. The Morgan fingerprint density at radius 1 is 1.11 bits per heavy atom. The first-order valence-electron chi connectivity index (χ1n) is 6.74. The maximum atomic E-state index is 11.9. The van der Waals surface area contributed by atoms with Crippen molar-refractivity contribution in [3.05, 3.63) is 0 Å². The molecule has 18 heavy (non-hydrogen) atoms. The van der Waals surface area contributed by atoms with Crippen LogP contribution in [0.1, 0.15) is 33.1 Å². The van der Waals surface area contributed by atoms with Crippen molar-refractivity contribution in [3.63, 3.8) is 0 Å². The van der Waals surface area contributed by atoms with Crippen LogP contribution < -0.4 is 0 Å². The molecule has 0 bridgehead atoms. The van der Waals surface area contributed by atoms with Crippen molar-refractivity contribution in [2.24, 2.45) is 5.92 Å². The third kappa shape index (κ3) is 4.26. The second kappa shape index (κ2) is 7.77. The lowest BCUT2D eigenvalue weighted by atomic mass is 10.0. The molecular formula is C13H23BrN2O2. The van der Waals surface area contributed by atoms with Gasteiger partial charge in [0, 0.05) is 31.5 Å². The molecule has 0 aromatic rings. The van der Waals surface area contributed by atoms with E-state index in [1.807, 2.05) is 6.92 Å². The van der Waals surface area contributed by atoms with E-state index in [9.17, 15) is 9.59 Å². The number of rotatable bonds is 7. The molecule has 4 nitrogen and oxygen atoms in total. The Bertz CT molecular complexity index is 297. The van der Waals surface area contributed by atoms with Crippen LogP contribution in [0.4, 0.5) is 0 Å². The molecule has 1 saturated heterocycles. The Balaban J connectivity index is 2.41. The molecule has 0 radical (unpaired) electrons. The fourth-order valence-corrected chi connectivity index (χ4v) is 2.90. The zero-order chi connectivity index (χ0) is 13.5. The van der Waals surface area contributed by atoms with Crippen molar-refractivity contribution in [2.75, 3.05) is 31.5 Å². The van der Waals surface area contributed by atoms with Crippen molar-refractivity contribution >= 4 is 27.7 Å². The van der Waals surface area contributed by atoms with Crippen LogP contribution in [-0.2, 0) is 9.59 Å². The van der Waals surface area contributed by atoms with Gasteiger partial charge < -0.3 is 9.80 Å². The highest BCUT2D eigenvalue weighted by molar-refractivity contribution is 9.09. The summed E-state index contributed by atoms with van der Waals surface area (Å²) in [6, 6.07) is 0. The highest BCUT2D eigenvalue weighted by Gasteiger charge is 2.31. The maximum Gasteiger partial charge on any atom is 0.312 e. The summed E-state index contributed by atoms with van der Waals surface area (Å²) in [6.45, 7) is 6.97. The van der Waals surface area contributed by atoms with Gasteiger partial charge in [-0.05, 0) is 25.2 Å². The number of hydrogen-bond acceptors (Lipinski definition) is 2. The van der Waals surface area contributed by atoms with Crippen molar-refractivity contribution < 1.29 is 9.59 Å². The molecule has 1 fully saturated rings. The number of nitrogens with zero attached hydrogens (tertiary/aromatic N) is 2. The van der Waals surface area contributed by atoms with Gasteiger partial charge in [0.15, 0.2) is 0 Å². The van der Waals surface area contributed by atoms with Crippen LogP contribution in [-0.4, -0.2) is 53.1 Å². The molecule has 1 heterocycles. The molecule has 0 spiro atoms. The van der Waals surface area contributed by atoms with E-state index in [2.05, 4.69) is 22.9 Å². The first-order valence-corrected chi connectivity index (χ1v) is 7.86. The molecule has 0 N–H and O–H groups in total. The van der Waals surface area contributed by atoms with E-state index in [1.54, 1.807) is 9.80 Å². The van der Waals surface area contributed by atoms with Crippen molar-refractivity contribution in [2.45, 2.75) is 33.1 Å². The zero-order valence-electron chi connectivity index (χ0n) is 11.3. The Labute approximate surface area is 118 Å². The second-order valence-electron chi connectivity index (χ2n) is 4.96. The van der Waals surface area contributed by atoms with Gasteiger partial charge in [0.1, 0.15) is 0 Å². The minimum absolute atomic E-state index is 0.319. The van der Waals surface area contributed by atoms with E-state index >= 15 is 0 Å². The Morgan fingerprint density at radius 2 is 1.67 bits per heavy atom. The zero-order valence-corrected chi connectivity index (χ0v) is 12.9. The molecular weight excluding hydrogens is 296 g/mol. The number of amides is 2. The molecule has 1 aliphatic rings. The van der Waals surface area contributed by atoms with Crippen molar-refractivity contribution in [1.82, 2.24) is 9.80 Å². The number of carbonyl (C=O) groups excluding carboxylic acids is 2. The lowest BCUT2D eigenvalue weighted by Gasteiger charge is -2.34. The van der Waals surface area contributed by atoms with E-state index in [0.717, 1.165) is 24.6 Å². The second-order valence-corrected chi connectivity index (χ2v) is 5.75. The quantitative estimate of drug-likeness (QED) is 0.531. The standard InChI is InChI=1S/C13H23BrN2O2/c1-3-7-15-9-10-16(13(18)12(15)17)8-5-11(2)4-6-14/h11H,3-10H2,1-2H3. The molecule has 0 aromatic carbocycles. The predicted molar refractivity (Wildman–Crippen MR) is 75.6 cm³/mol. The van der Waals surface area contributed by atoms with E-state index in [4.69, 9.17) is 0 Å². The molecule has 1 unspecified atom stereocenters. The number of carbonyl (C=O) groups is 2. The maximum absolute atomic E-state index is 11.9. The van der Waals surface area contributed by atoms with Gasteiger partial charge in [0.2, 0.25) is 0 Å². The van der Waals surface area contributed by atoms with Crippen LogP contribution in [0.25, 0.3) is 0 Å². The number of halogens is 1. The number of hydrogen-bond donors (Lipinski definition) is 0. The first-order chi connectivity index (χ1) is 8.60. The van der Waals surface area contributed by atoms with Gasteiger partial charge in [0.25, 0.3) is 0 Å². The van der Waals surface area contributed by atoms with Crippen LogP contribution in [0, 0.1) is 5.92 Å².